The smallest absolute Gasteiger partial charge is 0.326 e. The monoisotopic (exact) mass is 530 g/mol. The molecule has 2 aromatic carbocycles. The number of benzene rings is 2. The van der Waals surface area contributed by atoms with Crippen molar-refractivity contribution in [2.45, 2.75) is 51.2 Å². The Hall–Kier alpha value is -4.27. The van der Waals surface area contributed by atoms with Crippen LogP contribution in [0.25, 0.3) is 0 Å². The number of likely N-dealkylation sites (tertiary alicyclic amines) is 1. The van der Waals surface area contributed by atoms with Crippen molar-refractivity contribution < 1.29 is 24.2 Å². The van der Waals surface area contributed by atoms with E-state index < -0.39 is 12.0 Å². The van der Waals surface area contributed by atoms with E-state index in [0.717, 1.165) is 16.8 Å². The second-order valence-electron chi connectivity index (χ2n) is 9.81. The Kier molecular flexibility index (Phi) is 9.99. The van der Waals surface area contributed by atoms with Crippen molar-refractivity contribution in [1.82, 2.24) is 20.2 Å². The molecule has 39 heavy (non-hydrogen) atoms. The van der Waals surface area contributed by atoms with Gasteiger partial charge in [-0.2, -0.15) is 0 Å². The van der Waals surface area contributed by atoms with Crippen molar-refractivity contribution in [3.63, 3.8) is 0 Å². The molecule has 9 heteroatoms. The van der Waals surface area contributed by atoms with Crippen LogP contribution >= 0.6 is 0 Å². The number of rotatable bonds is 12. The lowest BCUT2D eigenvalue weighted by atomic mass is 9.92. The summed E-state index contributed by atoms with van der Waals surface area (Å²) in [7, 11) is 0. The van der Waals surface area contributed by atoms with Gasteiger partial charge in [0, 0.05) is 50.9 Å². The van der Waals surface area contributed by atoms with Gasteiger partial charge in [-0.3, -0.25) is 19.6 Å². The summed E-state index contributed by atoms with van der Waals surface area (Å²) >= 11 is 0. The average molecular weight is 531 g/mol. The van der Waals surface area contributed by atoms with E-state index in [9.17, 15) is 19.5 Å². The molecule has 2 amide bonds. The van der Waals surface area contributed by atoms with E-state index in [1.165, 1.54) is 0 Å². The summed E-state index contributed by atoms with van der Waals surface area (Å²) in [5.41, 5.74) is 2.65. The summed E-state index contributed by atoms with van der Waals surface area (Å²) in [6.45, 7) is 1.64. The molecule has 1 fully saturated rings. The zero-order valence-electron chi connectivity index (χ0n) is 21.9. The number of nitrogens with zero attached hydrogens (tertiary/aromatic N) is 3. The molecule has 0 saturated carbocycles. The van der Waals surface area contributed by atoms with Crippen molar-refractivity contribution in [1.29, 1.82) is 0 Å². The Labute approximate surface area is 228 Å². The highest BCUT2D eigenvalue weighted by atomic mass is 16.5. The molecule has 2 heterocycles. The van der Waals surface area contributed by atoms with E-state index in [0.29, 0.717) is 51.1 Å². The maximum Gasteiger partial charge on any atom is 0.326 e. The third-order valence-electron chi connectivity index (χ3n) is 6.90. The zero-order chi connectivity index (χ0) is 27.5. The number of piperidine rings is 1. The predicted octanol–water partition coefficient (Wildman–Crippen LogP) is 3.43. The van der Waals surface area contributed by atoms with E-state index in [1.54, 1.807) is 30.7 Å². The molecule has 9 nitrogen and oxygen atoms in total. The molecule has 1 aliphatic heterocycles. The Morgan fingerprint density at radius 1 is 1.00 bits per heavy atom. The quantitative estimate of drug-likeness (QED) is 0.368. The lowest BCUT2D eigenvalue weighted by molar-refractivity contribution is -0.142. The van der Waals surface area contributed by atoms with Gasteiger partial charge in [-0.25, -0.2) is 4.79 Å². The third kappa shape index (κ3) is 8.91. The highest BCUT2D eigenvalue weighted by Gasteiger charge is 2.26. The molecule has 0 bridgehead atoms. The lowest BCUT2D eigenvalue weighted by Gasteiger charge is -2.32. The van der Waals surface area contributed by atoms with Crippen LogP contribution in [0.15, 0.2) is 73.2 Å². The fraction of sp³-hybridized carbons (Fsp3) is 0.367. The van der Waals surface area contributed by atoms with Crippen LogP contribution in [0.1, 0.15) is 42.5 Å². The topological polar surface area (TPSA) is 122 Å². The average Bonchev–Trinajstić information content (AvgIpc) is 2.96. The second-order valence-corrected chi connectivity index (χ2v) is 9.81. The lowest BCUT2D eigenvalue weighted by Crippen LogP contribution is -2.44. The molecular weight excluding hydrogens is 496 g/mol. The zero-order valence-corrected chi connectivity index (χ0v) is 21.9. The number of carbonyl (C=O) groups excluding carboxylic acids is 2. The van der Waals surface area contributed by atoms with Crippen molar-refractivity contribution >= 4 is 17.8 Å². The number of carboxylic acids is 1. The van der Waals surface area contributed by atoms with Crippen LogP contribution in [0.4, 0.5) is 0 Å². The molecule has 1 aromatic heterocycles. The highest BCUT2D eigenvalue weighted by molar-refractivity contribution is 5.84. The van der Waals surface area contributed by atoms with Crippen molar-refractivity contribution in [3.8, 4) is 5.75 Å². The number of aryl methyl sites for hydroxylation is 1. The van der Waals surface area contributed by atoms with Gasteiger partial charge in [-0.05, 0) is 48.4 Å². The number of ether oxygens (including phenoxy) is 1. The Morgan fingerprint density at radius 3 is 2.41 bits per heavy atom. The van der Waals surface area contributed by atoms with Crippen LogP contribution in [0.3, 0.4) is 0 Å². The SMILES string of the molecule is O=C(CC1CCN(C(=O)CCc2cnccn2)CC1)N[C@@H](Cc1ccc(OCc2ccccc2)cc1)C(=O)O. The normalized spacial score (nSPS) is 14.4. The fourth-order valence-corrected chi connectivity index (χ4v) is 4.65. The van der Waals surface area contributed by atoms with Crippen LogP contribution < -0.4 is 10.1 Å². The first-order valence-electron chi connectivity index (χ1n) is 13.3. The summed E-state index contributed by atoms with van der Waals surface area (Å²) in [6.07, 6.45) is 7.67. The number of carboxylic acid groups (broad SMARTS) is 1. The van der Waals surface area contributed by atoms with E-state index in [1.807, 2.05) is 47.4 Å². The van der Waals surface area contributed by atoms with Gasteiger partial charge in [0.2, 0.25) is 11.8 Å². The summed E-state index contributed by atoms with van der Waals surface area (Å²) in [4.78, 5) is 47.1. The van der Waals surface area contributed by atoms with E-state index >= 15 is 0 Å². The largest absolute Gasteiger partial charge is 0.489 e. The van der Waals surface area contributed by atoms with Crippen LogP contribution in [0, 0.1) is 5.92 Å². The van der Waals surface area contributed by atoms with Crippen LogP contribution in [0.2, 0.25) is 0 Å². The molecule has 4 rings (SSSR count). The Balaban J connectivity index is 1.18. The van der Waals surface area contributed by atoms with Crippen molar-refractivity contribution in [3.05, 3.63) is 90.0 Å². The molecule has 0 spiro atoms. The fourth-order valence-electron chi connectivity index (χ4n) is 4.65. The van der Waals surface area contributed by atoms with E-state index in [4.69, 9.17) is 4.74 Å². The van der Waals surface area contributed by atoms with Crippen LogP contribution in [-0.4, -0.2) is 56.9 Å². The van der Waals surface area contributed by atoms with Gasteiger partial charge in [0.05, 0.1) is 5.69 Å². The van der Waals surface area contributed by atoms with Crippen LogP contribution in [0.5, 0.6) is 5.75 Å². The van der Waals surface area contributed by atoms with Crippen molar-refractivity contribution in [2.24, 2.45) is 5.92 Å². The Morgan fingerprint density at radius 2 is 1.74 bits per heavy atom. The summed E-state index contributed by atoms with van der Waals surface area (Å²) in [5, 5.41) is 12.4. The minimum Gasteiger partial charge on any atom is -0.489 e. The minimum atomic E-state index is -1.07. The third-order valence-corrected chi connectivity index (χ3v) is 6.90. The summed E-state index contributed by atoms with van der Waals surface area (Å²) < 4.78 is 5.79. The number of amides is 2. The van der Waals surface area contributed by atoms with Gasteiger partial charge < -0.3 is 20.1 Å². The first kappa shape index (κ1) is 27.8. The second kappa shape index (κ2) is 14.0. The van der Waals surface area contributed by atoms with Crippen molar-refractivity contribution in [2.75, 3.05) is 13.1 Å². The van der Waals surface area contributed by atoms with Gasteiger partial charge in [-0.15, -0.1) is 0 Å². The maximum atomic E-state index is 12.7. The van der Waals surface area contributed by atoms with Gasteiger partial charge in [0.25, 0.3) is 0 Å². The minimum absolute atomic E-state index is 0.0750. The molecular formula is C30H34N4O5. The summed E-state index contributed by atoms with van der Waals surface area (Å²) in [6, 6.07) is 16.1. The predicted molar refractivity (Wildman–Crippen MR) is 145 cm³/mol. The molecule has 0 radical (unpaired) electrons. The molecule has 1 atom stereocenters. The van der Waals surface area contributed by atoms with E-state index in [2.05, 4.69) is 15.3 Å². The summed E-state index contributed by atoms with van der Waals surface area (Å²) in [5.74, 6) is -0.471. The Bertz CT molecular complexity index is 1210. The molecule has 3 aromatic rings. The first-order valence-corrected chi connectivity index (χ1v) is 13.3. The molecule has 1 saturated heterocycles. The number of hydrogen-bond donors (Lipinski definition) is 2. The van der Waals surface area contributed by atoms with Gasteiger partial charge >= 0.3 is 5.97 Å². The molecule has 2 N–H and O–H groups in total. The van der Waals surface area contributed by atoms with Crippen LogP contribution in [-0.2, 0) is 33.8 Å². The molecule has 1 aliphatic rings. The molecule has 0 unspecified atom stereocenters. The molecule has 0 aliphatic carbocycles. The van der Waals surface area contributed by atoms with Gasteiger partial charge in [0.15, 0.2) is 0 Å². The number of carbonyl (C=O) groups is 3. The standard InChI is InChI=1S/C30H34N4O5/c35-28(19-23-12-16-34(17-13-23)29(36)11-8-25-20-31-14-15-32-25)33-27(30(37)38)18-22-6-9-26(10-7-22)39-21-24-4-2-1-3-5-24/h1-7,9-10,14-15,20,23,27H,8,11-13,16-19,21H2,(H,33,35)(H,37,38)/t27-/m0/s1. The first-order chi connectivity index (χ1) is 19.0. The number of aromatic nitrogens is 2. The highest BCUT2D eigenvalue weighted by Crippen LogP contribution is 2.22. The number of hydrogen-bond acceptors (Lipinski definition) is 6. The van der Waals surface area contributed by atoms with Gasteiger partial charge in [-0.1, -0.05) is 42.5 Å². The van der Waals surface area contributed by atoms with E-state index in [-0.39, 0.29) is 30.6 Å². The van der Waals surface area contributed by atoms with Gasteiger partial charge in [0.1, 0.15) is 18.4 Å². The maximum absolute atomic E-state index is 12.7. The molecule has 204 valence electrons. The number of nitrogens with one attached hydrogen (secondary N) is 1. The number of aliphatic carboxylic acids is 1.